The highest BCUT2D eigenvalue weighted by Gasteiger charge is 2.41. The second-order valence-corrected chi connectivity index (χ2v) is 6.29. The number of nitrogens with zero attached hydrogens (tertiary/aromatic N) is 2. The number of thioether (sulfide) groups is 1. The summed E-state index contributed by atoms with van der Waals surface area (Å²) in [6.45, 7) is 3.22. The van der Waals surface area contributed by atoms with Crippen molar-refractivity contribution in [2.75, 3.05) is 13.4 Å². The number of aromatic nitrogens is 1. The predicted molar refractivity (Wildman–Crippen MR) is 87.3 cm³/mol. The van der Waals surface area contributed by atoms with Gasteiger partial charge in [-0.05, 0) is 24.2 Å². The number of ether oxygens (including phenoxy) is 1. The van der Waals surface area contributed by atoms with Crippen LogP contribution in [0.15, 0.2) is 4.99 Å². The van der Waals surface area contributed by atoms with Crippen molar-refractivity contribution in [2.24, 2.45) is 10.9 Å². The van der Waals surface area contributed by atoms with Crippen molar-refractivity contribution in [1.82, 2.24) is 4.98 Å². The highest BCUT2D eigenvalue weighted by Crippen LogP contribution is 2.42. The Kier molecular flexibility index (Phi) is 7.36. The first kappa shape index (κ1) is 22.1. The standard InChI is InChI=1S/C15H17F5N2O3S/c1-6(2)5-7-8(13(23)24)10(12(16)17)21-11(15(18,19)20)9(7)22-14(25-3)26-4/h6,12H,5H2,1-4H3,(H,23,24). The largest absolute Gasteiger partial charge is 0.478 e. The molecule has 1 aromatic rings. The lowest BCUT2D eigenvalue weighted by molar-refractivity contribution is -0.140. The molecule has 26 heavy (non-hydrogen) atoms. The molecule has 0 saturated carbocycles. The van der Waals surface area contributed by atoms with Gasteiger partial charge in [-0.15, -0.1) is 0 Å². The summed E-state index contributed by atoms with van der Waals surface area (Å²) < 4.78 is 71.6. The molecule has 0 bridgehead atoms. The minimum Gasteiger partial charge on any atom is -0.478 e. The SMILES string of the molecule is COC(=Nc1c(C(F)(F)F)nc(C(F)F)c(C(=O)O)c1CC(C)C)SC. The fraction of sp³-hybridized carbons (Fsp3) is 0.533. The van der Waals surface area contributed by atoms with Crippen LogP contribution in [0.2, 0.25) is 0 Å². The molecule has 0 aliphatic rings. The number of aromatic carboxylic acids is 1. The van der Waals surface area contributed by atoms with Crippen LogP contribution in [0.5, 0.6) is 0 Å². The van der Waals surface area contributed by atoms with Crippen molar-refractivity contribution < 1.29 is 36.6 Å². The number of halogens is 5. The quantitative estimate of drug-likeness (QED) is 0.431. The van der Waals surface area contributed by atoms with Gasteiger partial charge in [-0.1, -0.05) is 25.6 Å². The fourth-order valence-corrected chi connectivity index (χ4v) is 2.58. The van der Waals surface area contributed by atoms with E-state index in [1.54, 1.807) is 13.8 Å². The van der Waals surface area contributed by atoms with Crippen molar-refractivity contribution in [3.05, 3.63) is 22.5 Å². The van der Waals surface area contributed by atoms with E-state index in [9.17, 15) is 31.9 Å². The first-order valence-electron chi connectivity index (χ1n) is 7.26. The third kappa shape index (κ3) is 5.05. The average molecular weight is 400 g/mol. The lowest BCUT2D eigenvalue weighted by Crippen LogP contribution is -2.19. The molecular weight excluding hydrogens is 383 g/mol. The molecule has 1 heterocycles. The normalized spacial score (nSPS) is 12.8. The summed E-state index contributed by atoms with van der Waals surface area (Å²) in [5, 5.41) is 9.14. The molecule has 0 saturated heterocycles. The number of carboxylic acids is 1. The summed E-state index contributed by atoms with van der Waals surface area (Å²) in [5.74, 6) is -2.12. The van der Waals surface area contributed by atoms with Gasteiger partial charge in [-0.3, -0.25) is 0 Å². The van der Waals surface area contributed by atoms with E-state index in [0.29, 0.717) is 0 Å². The molecule has 0 fully saturated rings. The molecule has 0 aliphatic heterocycles. The molecule has 11 heteroatoms. The molecule has 1 N–H and O–H groups in total. The second-order valence-electron chi connectivity index (χ2n) is 5.54. The van der Waals surface area contributed by atoms with Crippen molar-refractivity contribution in [3.63, 3.8) is 0 Å². The van der Waals surface area contributed by atoms with E-state index in [0.717, 1.165) is 11.8 Å². The molecule has 0 aliphatic carbocycles. The Morgan fingerprint density at radius 3 is 2.27 bits per heavy atom. The maximum Gasteiger partial charge on any atom is 0.435 e. The lowest BCUT2D eigenvalue weighted by Gasteiger charge is -2.20. The molecule has 0 spiro atoms. The molecule has 0 atom stereocenters. The first-order chi connectivity index (χ1) is 11.9. The third-order valence-corrected chi connectivity index (χ3v) is 3.76. The molecule has 1 aromatic heterocycles. The summed E-state index contributed by atoms with van der Waals surface area (Å²) in [5.41, 5.74) is -5.33. The van der Waals surface area contributed by atoms with E-state index >= 15 is 0 Å². The summed E-state index contributed by atoms with van der Waals surface area (Å²) in [6, 6.07) is 0. The van der Waals surface area contributed by atoms with Crippen LogP contribution in [0.3, 0.4) is 0 Å². The zero-order valence-corrected chi connectivity index (χ0v) is 15.1. The minimum atomic E-state index is -5.11. The van der Waals surface area contributed by atoms with Crippen molar-refractivity contribution in [1.29, 1.82) is 0 Å². The Labute approximate surface area is 150 Å². The predicted octanol–water partition coefficient (Wildman–Crippen LogP) is 4.93. The topological polar surface area (TPSA) is 71.8 Å². The number of rotatable bonds is 5. The third-order valence-electron chi connectivity index (χ3n) is 3.15. The monoisotopic (exact) mass is 400 g/mol. The average Bonchev–Trinajstić information content (AvgIpc) is 2.50. The number of hydrogen-bond acceptors (Lipinski definition) is 5. The van der Waals surface area contributed by atoms with Crippen LogP contribution in [-0.2, 0) is 17.3 Å². The molecule has 0 aromatic carbocycles. The molecule has 1 rings (SSSR count). The summed E-state index contributed by atoms with van der Waals surface area (Å²) in [6.07, 6.45) is -7.33. The van der Waals surface area contributed by atoms with Crippen molar-refractivity contribution in [2.45, 2.75) is 32.9 Å². The molecule has 0 unspecified atom stereocenters. The Hall–Kier alpha value is -1.91. The smallest absolute Gasteiger partial charge is 0.435 e. The van der Waals surface area contributed by atoms with E-state index in [1.165, 1.54) is 13.4 Å². The Morgan fingerprint density at radius 1 is 1.35 bits per heavy atom. The van der Waals surface area contributed by atoms with Gasteiger partial charge in [0, 0.05) is 0 Å². The maximum atomic E-state index is 13.4. The van der Waals surface area contributed by atoms with Crippen LogP contribution in [0.25, 0.3) is 0 Å². The maximum absolute atomic E-state index is 13.4. The lowest BCUT2D eigenvalue weighted by atomic mass is 9.94. The molecule has 5 nitrogen and oxygen atoms in total. The summed E-state index contributed by atoms with van der Waals surface area (Å²) in [7, 11) is 1.17. The van der Waals surface area contributed by atoms with E-state index in [2.05, 4.69) is 9.98 Å². The van der Waals surface area contributed by atoms with E-state index in [4.69, 9.17) is 4.74 Å². The van der Waals surface area contributed by atoms with Gasteiger partial charge in [0.25, 0.3) is 11.7 Å². The van der Waals surface area contributed by atoms with Crippen LogP contribution in [0, 0.1) is 5.92 Å². The molecule has 146 valence electrons. The number of carbonyl (C=O) groups is 1. The Balaban J connectivity index is 4.06. The number of hydrogen-bond donors (Lipinski definition) is 1. The van der Waals surface area contributed by atoms with Crippen molar-refractivity contribution in [3.8, 4) is 0 Å². The van der Waals surface area contributed by atoms with Gasteiger partial charge in [0.15, 0.2) is 5.69 Å². The minimum absolute atomic E-state index is 0.191. The number of pyridine rings is 1. The Bertz CT molecular complexity index is 700. The van der Waals surface area contributed by atoms with Gasteiger partial charge in [0.1, 0.15) is 11.4 Å². The molecule has 0 radical (unpaired) electrons. The van der Waals surface area contributed by atoms with Crippen LogP contribution in [-0.4, -0.2) is 34.7 Å². The number of methoxy groups -OCH3 is 1. The fourth-order valence-electron chi connectivity index (χ4n) is 2.23. The van der Waals surface area contributed by atoms with Gasteiger partial charge < -0.3 is 9.84 Å². The van der Waals surface area contributed by atoms with Crippen molar-refractivity contribution >= 4 is 28.6 Å². The van der Waals surface area contributed by atoms with E-state index in [1.807, 2.05) is 0 Å². The molecule has 0 amide bonds. The highest BCUT2D eigenvalue weighted by atomic mass is 32.2. The summed E-state index contributed by atoms with van der Waals surface area (Å²) >= 11 is 0.874. The number of aliphatic imine (C=N–C) groups is 1. The second kappa shape index (κ2) is 8.65. The van der Waals surface area contributed by atoms with E-state index < -0.39 is 46.8 Å². The number of carboxylic acid groups (broad SMARTS) is 1. The number of alkyl halides is 5. The highest BCUT2D eigenvalue weighted by molar-refractivity contribution is 8.12. The first-order valence-corrected chi connectivity index (χ1v) is 8.48. The van der Waals surface area contributed by atoms with Gasteiger partial charge >= 0.3 is 12.1 Å². The van der Waals surface area contributed by atoms with E-state index in [-0.39, 0.29) is 17.6 Å². The van der Waals surface area contributed by atoms with Crippen LogP contribution in [0.4, 0.5) is 27.6 Å². The van der Waals surface area contributed by atoms with Gasteiger partial charge in [-0.25, -0.2) is 23.6 Å². The molecular formula is C15H17F5N2O3S. The zero-order chi connectivity index (χ0) is 20.2. The van der Waals surface area contributed by atoms with Gasteiger partial charge in [0.2, 0.25) is 0 Å². The van der Waals surface area contributed by atoms with Crippen LogP contribution < -0.4 is 0 Å². The van der Waals surface area contributed by atoms with Crippen LogP contribution >= 0.6 is 11.8 Å². The van der Waals surface area contributed by atoms with Crippen LogP contribution in [0.1, 0.15) is 47.6 Å². The van der Waals surface area contributed by atoms with Gasteiger partial charge in [-0.2, -0.15) is 13.2 Å². The zero-order valence-electron chi connectivity index (χ0n) is 14.3. The van der Waals surface area contributed by atoms with Gasteiger partial charge in [0.05, 0.1) is 12.7 Å². The summed E-state index contributed by atoms with van der Waals surface area (Å²) in [4.78, 5) is 18.2. The Morgan fingerprint density at radius 2 is 1.92 bits per heavy atom.